The van der Waals surface area contributed by atoms with Gasteiger partial charge in [0.05, 0.1) is 12.3 Å². The van der Waals surface area contributed by atoms with Gasteiger partial charge in [-0.25, -0.2) is 4.98 Å². The lowest BCUT2D eigenvalue weighted by molar-refractivity contribution is 0.271. The van der Waals surface area contributed by atoms with E-state index in [2.05, 4.69) is 38.9 Å². The van der Waals surface area contributed by atoms with Gasteiger partial charge in [-0.3, -0.25) is 0 Å². The lowest BCUT2D eigenvalue weighted by Gasteiger charge is -2.23. The predicted molar refractivity (Wildman–Crippen MR) is 88.3 cm³/mol. The highest BCUT2D eigenvalue weighted by Crippen LogP contribution is 2.34. The predicted octanol–water partition coefficient (Wildman–Crippen LogP) is 3.29. The van der Waals surface area contributed by atoms with Gasteiger partial charge in [-0.2, -0.15) is 5.26 Å². The molecule has 4 heteroatoms. The molecule has 4 nitrogen and oxygen atoms in total. The summed E-state index contributed by atoms with van der Waals surface area (Å²) in [5, 5.41) is 9.57. The molecule has 0 N–H and O–H groups in total. The second-order valence-electron chi connectivity index (χ2n) is 6.61. The largest absolute Gasteiger partial charge is 0.477 e. The molecule has 22 heavy (non-hydrogen) atoms. The minimum atomic E-state index is 0.365. The van der Waals surface area contributed by atoms with Crippen LogP contribution in [0.25, 0.3) is 0 Å². The van der Waals surface area contributed by atoms with Crippen molar-refractivity contribution < 1.29 is 4.74 Å². The molecule has 0 aliphatic heterocycles. The summed E-state index contributed by atoms with van der Waals surface area (Å²) in [4.78, 5) is 6.85. The Kier molecular flexibility index (Phi) is 5.79. The second kappa shape index (κ2) is 7.60. The zero-order valence-corrected chi connectivity index (χ0v) is 14.3. The number of hydrogen-bond acceptors (Lipinski definition) is 4. The molecule has 1 aromatic heterocycles. The molecule has 2 rings (SSSR count). The van der Waals surface area contributed by atoms with Crippen molar-refractivity contribution in [3.8, 4) is 11.9 Å². The third-order valence-corrected chi connectivity index (χ3v) is 4.16. The number of rotatable bonds is 6. The first kappa shape index (κ1) is 16.8. The van der Waals surface area contributed by atoms with E-state index in [4.69, 9.17) is 9.72 Å². The van der Waals surface area contributed by atoms with Crippen molar-refractivity contribution in [3.63, 3.8) is 0 Å². The molecule has 1 aromatic rings. The molecular weight excluding hydrogens is 274 g/mol. The summed E-state index contributed by atoms with van der Waals surface area (Å²) >= 11 is 0. The first-order valence-electron chi connectivity index (χ1n) is 8.27. The van der Waals surface area contributed by atoms with Crippen LogP contribution in [0.5, 0.6) is 5.88 Å². The lowest BCUT2D eigenvalue weighted by Crippen LogP contribution is -2.17. The summed E-state index contributed by atoms with van der Waals surface area (Å²) in [5.74, 6) is 0.911. The third-order valence-electron chi connectivity index (χ3n) is 4.16. The molecule has 0 saturated heterocycles. The molecule has 0 radical (unpaired) electrons. The molecule has 0 saturated carbocycles. The normalized spacial score (nSPS) is 14.0. The molecule has 1 heterocycles. The fourth-order valence-corrected chi connectivity index (χ4v) is 3.07. The van der Waals surface area contributed by atoms with Crippen LogP contribution in [0.15, 0.2) is 0 Å². The van der Waals surface area contributed by atoms with Crippen molar-refractivity contribution in [2.45, 2.75) is 51.9 Å². The summed E-state index contributed by atoms with van der Waals surface area (Å²) in [6, 6.07) is 2.34. The van der Waals surface area contributed by atoms with Crippen LogP contribution in [0, 0.1) is 11.3 Å². The van der Waals surface area contributed by atoms with Gasteiger partial charge in [-0.15, -0.1) is 0 Å². The summed E-state index contributed by atoms with van der Waals surface area (Å²) < 4.78 is 5.88. The minimum Gasteiger partial charge on any atom is -0.477 e. The van der Waals surface area contributed by atoms with E-state index >= 15 is 0 Å². The number of hydrogen-bond donors (Lipinski definition) is 0. The Morgan fingerprint density at radius 1 is 1.23 bits per heavy atom. The molecule has 120 valence electrons. The smallest absolute Gasteiger partial charge is 0.232 e. The van der Waals surface area contributed by atoms with Gasteiger partial charge < -0.3 is 9.64 Å². The molecule has 0 spiro atoms. The highest BCUT2D eigenvalue weighted by Gasteiger charge is 2.24. The van der Waals surface area contributed by atoms with Crippen LogP contribution in [-0.4, -0.2) is 37.1 Å². The molecule has 0 unspecified atom stereocenters. The SMILES string of the molecule is CC(C)c1nc(OCCCN(C)C)c(C#N)c2c1CCCC2. The van der Waals surface area contributed by atoms with Crippen LogP contribution in [0.2, 0.25) is 0 Å². The van der Waals surface area contributed by atoms with Crippen molar-refractivity contribution >= 4 is 0 Å². The zero-order chi connectivity index (χ0) is 16.1. The van der Waals surface area contributed by atoms with Gasteiger partial charge in [-0.05, 0) is 63.2 Å². The average molecular weight is 301 g/mol. The monoisotopic (exact) mass is 301 g/mol. The molecule has 0 atom stereocenters. The van der Waals surface area contributed by atoms with E-state index in [0.717, 1.165) is 37.9 Å². The van der Waals surface area contributed by atoms with Gasteiger partial charge in [0.1, 0.15) is 11.6 Å². The summed E-state index contributed by atoms with van der Waals surface area (Å²) in [7, 11) is 4.10. The standard InChI is InChI=1S/C18H27N3O/c1-13(2)17-15-9-6-5-8-14(15)16(12-19)18(20-17)22-11-7-10-21(3)4/h13H,5-11H2,1-4H3. The van der Waals surface area contributed by atoms with Gasteiger partial charge in [0, 0.05) is 6.54 Å². The molecule has 1 aliphatic rings. The van der Waals surface area contributed by atoms with Crippen molar-refractivity contribution in [1.82, 2.24) is 9.88 Å². The summed E-state index contributed by atoms with van der Waals surface area (Å²) in [5.41, 5.74) is 4.29. The van der Waals surface area contributed by atoms with Gasteiger partial charge in [0.15, 0.2) is 0 Å². The van der Waals surface area contributed by atoms with E-state index in [1.54, 1.807) is 0 Å². The molecular formula is C18H27N3O. The van der Waals surface area contributed by atoms with E-state index in [0.29, 0.717) is 24.0 Å². The average Bonchev–Trinajstić information content (AvgIpc) is 2.50. The third kappa shape index (κ3) is 3.78. The quantitative estimate of drug-likeness (QED) is 0.757. The van der Waals surface area contributed by atoms with Crippen molar-refractivity contribution in [3.05, 3.63) is 22.4 Å². The van der Waals surface area contributed by atoms with Crippen LogP contribution < -0.4 is 4.74 Å². The Labute approximate surface area is 134 Å². The molecule has 0 amide bonds. The molecule has 0 aromatic carbocycles. The van der Waals surface area contributed by atoms with Crippen LogP contribution in [0.1, 0.15) is 61.4 Å². The van der Waals surface area contributed by atoms with E-state index in [9.17, 15) is 5.26 Å². The Balaban J connectivity index is 2.28. The Bertz CT molecular complexity index is 558. The summed E-state index contributed by atoms with van der Waals surface area (Å²) in [6.07, 6.45) is 5.32. The zero-order valence-electron chi connectivity index (χ0n) is 14.3. The Morgan fingerprint density at radius 2 is 1.91 bits per heavy atom. The number of ether oxygens (including phenoxy) is 1. The lowest BCUT2D eigenvalue weighted by atomic mass is 9.85. The second-order valence-corrected chi connectivity index (χ2v) is 6.61. The van der Waals surface area contributed by atoms with Crippen LogP contribution in [-0.2, 0) is 12.8 Å². The fraction of sp³-hybridized carbons (Fsp3) is 0.667. The van der Waals surface area contributed by atoms with Crippen LogP contribution >= 0.6 is 0 Å². The van der Waals surface area contributed by atoms with E-state index in [1.807, 2.05) is 0 Å². The van der Waals surface area contributed by atoms with Crippen molar-refractivity contribution in [2.75, 3.05) is 27.2 Å². The maximum absolute atomic E-state index is 9.57. The maximum Gasteiger partial charge on any atom is 0.232 e. The van der Waals surface area contributed by atoms with Gasteiger partial charge >= 0.3 is 0 Å². The van der Waals surface area contributed by atoms with E-state index < -0.39 is 0 Å². The van der Waals surface area contributed by atoms with Gasteiger partial charge in [0.25, 0.3) is 0 Å². The number of pyridine rings is 1. The van der Waals surface area contributed by atoms with Crippen LogP contribution in [0.4, 0.5) is 0 Å². The molecule has 0 bridgehead atoms. The highest BCUT2D eigenvalue weighted by atomic mass is 16.5. The number of aromatic nitrogens is 1. The maximum atomic E-state index is 9.57. The Morgan fingerprint density at radius 3 is 2.50 bits per heavy atom. The van der Waals surface area contributed by atoms with Crippen molar-refractivity contribution in [2.24, 2.45) is 0 Å². The Hall–Kier alpha value is -1.60. The van der Waals surface area contributed by atoms with Gasteiger partial charge in [-0.1, -0.05) is 13.8 Å². The fourth-order valence-electron chi connectivity index (χ4n) is 3.07. The van der Waals surface area contributed by atoms with Crippen molar-refractivity contribution in [1.29, 1.82) is 5.26 Å². The minimum absolute atomic E-state index is 0.365. The molecule has 0 fully saturated rings. The first-order valence-corrected chi connectivity index (χ1v) is 8.27. The highest BCUT2D eigenvalue weighted by molar-refractivity contribution is 5.52. The van der Waals surface area contributed by atoms with Gasteiger partial charge in [0.2, 0.25) is 5.88 Å². The molecule has 1 aliphatic carbocycles. The summed E-state index contributed by atoms with van der Waals surface area (Å²) in [6.45, 7) is 5.91. The van der Waals surface area contributed by atoms with Crippen LogP contribution in [0.3, 0.4) is 0 Å². The van der Waals surface area contributed by atoms with E-state index in [-0.39, 0.29) is 0 Å². The number of fused-ring (bicyclic) bond motifs is 1. The number of nitriles is 1. The first-order chi connectivity index (χ1) is 10.5. The van der Waals surface area contributed by atoms with E-state index in [1.165, 1.54) is 17.5 Å². The number of nitrogens with zero attached hydrogens (tertiary/aromatic N) is 3. The topological polar surface area (TPSA) is 49.1 Å².